The van der Waals surface area contributed by atoms with Crippen LogP contribution in [0.4, 0.5) is 0 Å². The maximum Gasteiger partial charge on any atom is 0.133 e. The molecule has 0 fully saturated rings. The van der Waals surface area contributed by atoms with Gasteiger partial charge in [0.2, 0.25) is 0 Å². The molecule has 0 radical (unpaired) electrons. The fourth-order valence-electron chi connectivity index (χ4n) is 2.10. The average Bonchev–Trinajstić information content (AvgIpc) is 2.44. The monoisotopic (exact) mass is 278 g/mol. The number of nitrogens with zero attached hydrogens (tertiary/aromatic N) is 2. The maximum absolute atomic E-state index is 10.5. The maximum atomic E-state index is 10.5. The van der Waals surface area contributed by atoms with Crippen LogP contribution < -0.4 is 4.74 Å². The average molecular weight is 278 g/mol. The van der Waals surface area contributed by atoms with E-state index in [9.17, 15) is 5.11 Å². The molecule has 4 nitrogen and oxygen atoms in total. The van der Waals surface area contributed by atoms with Crippen LogP contribution in [0.5, 0.6) is 5.75 Å². The standard InChI is InChI=1S/C16H26N2O2/c1-6-8-13-14(9-7-10-15(13)20-5)16(19)18(4)12-11-17(2)3/h6-7,9-10,16,19H,1,8,11-12H2,2-5H3. The van der Waals surface area contributed by atoms with E-state index in [4.69, 9.17) is 4.74 Å². The zero-order valence-electron chi connectivity index (χ0n) is 13.0. The third kappa shape index (κ3) is 4.34. The Bertz CT molecular complexity index is 432. The predicted molar refractivity (Wildman–Crippen MR) is 83.0 cm³/mol. The summed E-state index contributed by atoms with van der Waals surface area (Å²) >= 11 is 0. The number of rotatable bonds is 8. The van der Waals surface area contributed by atoms with Gasteiger partial charge in [-0.25, -0.2) is 0 Å². The van der Waals surface area contributed by atoms with Crippen LogP contribution in [0.1, 0.15) is 17.4 Å². The lowest BCUT2D eigenvalue weighted by molar-refractivity contribution is 0.0167. The number of likely N-dealkylation sites (N-methyl/N-ethyl adjacent to an activating group) is 2. The summed E-state index contributed by atoms with van der Waals surface area (Å²) in [5, 5.41) is 10.5. The Morgan fingerprint density at radius 3 is 2.55 bits per heavy atom. The number of ether oxygens (including phenoxy) is 1. The van der Waals surface area contributed by atoms with Gasteiger partial charge in [0.1, 0.15) is 12.0 Å². The fourth-order valence-corrected chi connectivity index (χ4v) is 2.10. The summed E-state index contributed by atoms with van der Waals surface area (Å²) < 4.78 is 5.38. The third-order valence-electron chi connectivity index (χ3n) is 3.33. The molecule has 1 aromatic rings. The highest BCUT2D eigenvalue weighted by Crippen LogP contribution is 2.29. The van der Waals surface area contributed by atoms with Crippen molar-refractivity contribution in [3.63, 3.8) is 0 Å². The van der Waals surface area contributed by atoms with Gasteiger partial charge in [-0.3, -0.25) is 4.90 Å². The molecular formula is C16H26N2O2. The van der Waals surface area contributed by atoms with Gasteiger partial charge in [0.15, 0.2) is 0 Å². The van der Waals surface area contributed by atoms with E-state index in [-0.39, 0.29) is 0 Å². The Balaban J connectivity index is 2.96. The van der Waals surface area contributed by atoms with Gasteiger partial charge < -0.3 is 14.7 Å². The first-order valence-corrected chi connectivity index (χ1v) is 6.81. The smallest absolute Gasteiger partial charge is 0.133 e. The molecule has 1 unspecified atom stereocenters. The quantitative estimate of drug-likeness (QED) is 0.582. The summed E-state index contributed by atoms with van der Waals surface area (Å²) in [5.74, 6) is 0.794. The van der Waals surface area contributed by atoms with E-state index in [1.165, 1.54) is 0 Å². The zero-order valence-corrected chi connectivity index (χ0v) is 13.0. The number of methoxy groups -OCH3 is 1. The van der Waals surface area contributed by atoms with Crippen LogP contribution in [-0.2, 0) is 6.42 Å². The second kappa shape index (κ2) is 8.04. The van der Waals surface area contributed by atoms with Crippen molar-refractivity contribution < 1.29 is 9.84 Å². The van der Waals surface area contributed by atoms with Crippen LogP contribution in [-0.4, -0.2) is 56.2 Å². The molecule has 0 aliphatic carbocycles. The highest BCUT2D eigenvalue weighted by atomic mass is 16.5. The first-order valence-electron chi connectivity index (χ1n) is 6.81. The van der Waals surface area contributed by atoms with Gasteiger partial charge in [-0.05, 0) is 33.6 Å². The number of hydrogen-bond acceptors (Lipinski definition) is 4. The van der Waals surface area contributed by atoms with Crippen molar-refractivity contribution in [1.82, 2.24) is 9.80 Å². The van der Waals surface area contributed by atoms with Gasteiger partial charge in [-0.1, -0.05) is 18.2 Å². The number of benzene rings is 1. The van der Waals surface area contributed by atoms with Crippen LogP contribution in [0.2, 0.25) is 0 Å². The first kappa shape index (κ1) is 16.7. The largest absolute Gasteiger partial charge is 0.496 e. The Hall–Kier alpha value is -1.36. The minimum absolute atomic E-state index is 0.639. The van der Waals surface area contributed by atoms with E-state index in [1.807, 2.05) is 50.3 Å². The molecule has 112 valence electrons. The summed E-state index contributed by atoms with van der Waals surface area (Å²) in [7, 11) is 7.61. The van der Waals surface area contributed by atoms with Crippen molar-refractivity contribution in [3.8, 4) is 5.75 Å². The summed E-state index contributed by atoms with van der Waals surface area (Å²) in [5.41, 5.74) is 1.87. The van der Waals surface area contributed by atoms with Crippen LogP contribution in [0.3, 0.4) is 0 Å². The van der Waals surface area contributed by atoms with Gasteiger partial charge in [0.05, 0.1) is 7.11 Å². The van der Waals surface area contributed by atoms with E-state index < -0.39 is 6.23 Å². The molecule has 0 heterocycles. The molecule has 0 bridgehead atoms. The summed E-state index contributed by atoms with van der Waals surface area (Å²) in [6, 6.07) is 5.76. The molecule has 0 spiro atoms. The Labute approximate surface area is 122 Å². The molecule has 1 rings (SSSR count). The summed E-state index contributed by atoms with van der Waals surface area (Å²) in [6.07, 6.45) is 1.87. The lowest BCUT2D eigenvalue weighted by atomic mass is 10.0. The number of aliphatic hydroxyl groups excluding tert-OH is 1. The van der Waals surface area contributed by atoms with Crippen molar-refractivity contribution in [1.29, 1.82) is 0 Å². The lowest BCUT2D eigenvalue weighted by Gasteiger charge is -2.27. The van der Waals surface area contributed by atoms with Crippen LogP contribution >= 0.6 is 0 Å². The minimum atomic E-state index is -0.639. The van der Waals surface area contributed by atoms with Gasteiger partial charge >= 0.3 is 0 Å². The zero-order chi connectivity index (χ0) is 15.1. The molecule has 0 aliphatic rings. The summed E-state index contributed by atoms with van der Waals surface area (Å²) in [6.45, 7) is 5.47. The Kier molecular flexibility index (Phi) is 6.71. The predicted octanol–water partition coefficient (Wildman–Crippen LogP) is 1.91. The molecule has 4 heteroatoms. The second-order valence-electron chi connectivity index (χ2n) is 5.18. The van der Waals surface area contributed by atoms with Crippen molar-refractivity contribution in [2.24, 2.45) is 0 Å². The first-order chi connectivity index (χ1) is 9.51. The molecule has 1 aromatic carbocycles. The summed E-state index contributed by atoms with van der Waals surface area (Å²) in [4.78, 5) is 4.03. The highest BCUT2D eigenvalue weighted by molar-refractivity contribution is 5.42. The molecule has 1 N–H and O–H groups in total. The van der Waals surface area contributed by atoms with E-state index >= 15 is 0 Å². The Morgan fingerprint density at radius 1 is 1.30 bits per heavy atom. The van der Waals surface area contributed by atoms with Crippen molar-refractivity contribution in [2.45, 2.75) is 12.6 Å². The molecule has 0 saturated carbocycles. The van der Waals surface area contributed by atoms with Crippen molar-refractivity contribution in [3.05, 3.63) is 42.0 Å². The Morgan fingerprint density at radius 2 is 2.00 bits per heavy atom. The minimum Gasteiger partial charge on any atom is -0.496 e. The van der Waals surface area contributed by atoms with E-state index in [2.05, 4.69) is 11.5 Å². The second-order valence-corrected chi connectivity index (χ2v) is 5.18. The van der Waals surface area contributed by atoms with E-state index in [1.54, 1.807) is 7.11 Å². The molecule has 0 aromatic heterocycles. The van der Waals surface area contributed by atoms with Crippen LogP contribution in [0, 0.1) is 0 Å². The van der Waals surface area contributed by atoms with E-state index in [0.717, 1.165) is 30.0 Å². The topological polar surface area (TPSA) is 35.9 Å². The van der Waals surface area contributed by atoms with Crippen molar-refractivity contribution >= 4 is 0 Å². The molecule has 0 amide bonds. The lowest BCUT2D eigenvalue weighted by Crippen LogP contribution is -2.32. The number of aliphatic hydroxyl groups is 1. The van der Waals surface area contributed by atoms with Crippen LogP contribution in [0.15, 0.2) is 30.9 Å². The molecule has 0 aliphatic heterocycles. The van der Waals surface area contributed by atoms with Gasteiger partial charge in [0.25, 0.3) is 0 Å². The molecule has 0 saturated heterocycles. The third-order valence-corrected chi connectivity index (χ3v) is 3.33. The molecule has 20 heavy (non-hydrogen) atoms. The van der Waals surface area contributed by atoms with Gasteiger partial charge in [-0.15, -0.1) is 6.58 Å². The van der Waals surface area contributed by atoms with Gasteiger partial charge in [0, 0.05) is 24.2 Å². The van der Waals surface area contributed by atoms with Gasteiger partial charge in [-0.2, -0.15) is 0 Å². The number of allylic oxidation sites excluding steroid dienone is 1. The van der Waals surface area contributed by atoms with Crippen LogP contribution in [0.25, 0.3) is 0 Å². The van der Waals surface area contributed by atoms with Crippen molar-refractivity contribution in [2.75, 3.05) is 41.3 Å². The number of hydrogen-bond donors (Lipinski definition) is 1. The molecule has 1 atom stereocenters. The fraction of sp³-hybridized carbons (Fsp3) is 0.500. The normalized spacial score (nSPS) is 12.8. The SMILES string of the molecule is C=CCc1c(OC)cccc1C(O)N(C)CCN(C)C. The van der Waals surface area contributed by atoms with E-state index in [0.29, 0.717) is 6.42 Å². The molecular weight excluding hydrogens is 252 g/mol. The highest BCUT2D eigenvalue weighted by Gasteiger charge is 2.19.